The van der Waals surface area contributed by atoms with Gasteiger partial charge in [-0.3, -0.25) is 9.59 Å². The minimum Gasteiger partial charge on any atom is -0.361 e. The predicted octanol–water partition coefficient (Wildman–Crippen LogP) is 3.81. The van der Waals surface area contributed by atoms with Gasteiger partial charge in [0.1, 0.15) is 0 Å². The standard InChI is InChI=1S/C19H16ClN3O2/c20-13-3-1-4-14(10-13)23-11-12(9-18(23)24)19(25)22-17-6-2-5-16-15(17)7-8-21-16/h1-8,10,12,21H,9,11H2,(H,22,25). The SMILES string of the molecule is O=C(Nc1cccc2[nH]ccc12)C1CC(=O)N(c2cccc(Cl)c2)C1. The number of aromatic nitrogens is 1. The van der Waals surface area contributed by atoms with Crippen molar-refractivity contribution in [3.8, 4) is 0 Å². The van der Waals surface area contributed by atoms with Crippen LogP contribution in [0.3, 0.4) is 0 Å². The molecule has 1 unspecified atom stereocenters. The van der Waals surface area contributed by atoms with Crippen molar-refractivity contribution in [1.82, 2.24) is 4.98 Å². The molecule has 1 aliphatic heterocycles. The summed E-state index contributed by atoms with van der Waals surface area (Å²) in [7, 11) is 0. The maximum absolute atomic E-state index is 12.6. The van der Waals surface area contributed by atoms with Crippen LogP contribution in [0, 0.1) is 5.92 Å². The van der Waals surface area contributed by atoms with Gasteiger partial charge in [-0.15, -0.1) is 0 Å². The average molecular weight is 354 g/mol. The summed E-state index contributed by atoms with van der Waals surface area (Å²) in [6.07, 6.45) is 2.03. The van der Waals surface area contributed by atoms with Crippen LogP contribution in [0.5, 0.6) is 0 Å². The molecule has 1 fully saturated rings. The Labute approximate surface area is 149 Å². The average Bonchev–Trinajstić information content (AvgIpc) is 3.22. The second-order valence-corrected chi connectivity index (χ2v) is 6.56. The third-order valence-electron chi connectivity index (χ3n) is 4.47. The Morgan fingerprint density at radius 1 is 1.20 bits per heavy atom. The summed E-state index contributed by atoms with van der Waals surface area (Å²) < 4.78 is 0. The lowest BCUT2D eigenvalue weighted by Crippen LogP contribution is -2.28. The number of amides is 2. The number of carbonyl (C=O) groups excluding carboxylic acids is 2. The molecular weight excluding hydrogens is 338 g/mol. The van der Waals surface area contributed by atoms with E-state index in [2.05, 4.69) is 10.3 Å². The number of nitrogens with zero attached hydrogens (tertiary/aromatic N) is 1. The van der Waals surface area contributed by atoms with Gasteiger partial charge in [-0.2, -0.15) is 0 Å². The van der Waals surface area contributed by atoms with Gasteiger partial charge < -0.3 is 15.2 Å². The fraction of sp³-hybridized carbons (Fsp3) is 0.158. The molecule has 2 aromatic carbocycles. The summed E-state index contributed by atoms with van der Waals surface area (Å²) in [6, 6.07) is 14.7. The molecule has 4 rings (SSSR count). The lowest BCUT2D eigenvalue weighted by atomic mass is 10.1. The van der Waals surface area contributed by atoms with E-state index in [1.165, 1.54) is 0 Å². The van der Waals surface area contributed by atoms with Crippen LogP contribution in [-0.2, 0) is 9.59 Å². The van der Waals surface area contributed by atoms with E-state index in [1.807, 2.05) is 36.5 Å². The van der Waals surface area contributed by atoms with E-state index in [4.69, 9.17) is 11.6 Å². The minimum absolute atomic E-state index is 0.0673. The maximum atomic E-state index is 12.6. The Morgan fingerprint density at radius 2 is 2.04 bits per heavy atom. The Balaban J connectivity index is 1.52. The van der Waals surface area contributed by atoms with Gasteiger partial charge in [-0.25, -0.2) is 0 Å². The van der Waals surface area contributed by atoms with Crippen LogP contribution in [0.25, 0.3) is 10.9 Å². The first-order valence-corrected chi connectivity index (χ1v) is 8.42. The summed E-state index contributed by atoms with van der Waals surface area (Å²) in [5.41, 5.74) is 2.43. The zero-order valence-electron chi connectivity index (χ0n) is 13.3. The van der Waals surface area contributed by atoms with Crippen LogP contribution in [0.1, 0.15) is 6.42 Å². The summed E-state index contributed by atoms with van der Waals surface area (Å²) in [4.78, 5) is 29.7. The van der Waals surface area contributed by atoms with Crippen LogP contribution < -0.4 is 10.2 Å². The first-order chi connectivity index (χ1) is 12.1. The second kappa shape index (κ2) is 6.26. The summed E-state index contributed by atoms with van der Waals surface area (Å²) in [6.45, 7) is 0.355. The minimum atomic E-state index is -0.388. The molecule has 0 spiro atoms. The third-order valence-corrected chi connectivity index (χ3v) is 4.70. The van der Waals surface area contributed by atoms with Crippen molar-refractivity contribution >= 4 is 45.7 Å². The molecule has 1 atom stereocenters. The van der Waals surface area contributed by atoms with Crippen molar-refractivity contribution < 1.29 is 9.59 Å². The number of halogens is 1. The summed E-state index contributed by atoms with van der Waals surface area (Å²) in [5, 5.41) is 4.47. The monoisotopic (exact) mass is 353 g/mol. The fourth-order valence-corrected chi connectivity index (χ4v) is 3.39. The molecule has 2 heterocycles. The number of anilines is 2. The molecule has 0 radical (unpaired) electrons. The Bertz CT molecular complexity index is 966. The fourth-order valence-electron chi connectivity index (χ4n) is 3.21. The topological polar surface area (TPSA) is 65.2 Å². The number of H-pyrrole nitrogens is 1. The number of hydrogen-bond donors (Lipinski definition) is 2. The number of fused-ring (bicyclic) bond motifs is 1. The van der Waals surface area contributed by atoms with E-state index < -0.39 is 0 Å². The van der Waals surface area contributed by atoms with Gasteiger partial charge in [0.15, 0.2) is 0 Å². The molecule has 1 saturated heterocycles. The van der Waals surface area contributed by atoms with E-state index >= 15 is 0 Å². The highest BCUT2D eigenvalue weighted by Gasteiger charge is 2.35. The molecule has 0 aliphatic carbocycles. The van der Waals surface area contributed by atoms with Crippen LogP contribution in [0.15, 0.2) is 54.7 Å². The molecule has 3 aromatic rings. The van der Waals surface area contributed by atoms with Gasteiger partial charge >= 0.3 is 0 Å². The van der Waals surface area contributed by atoms with E-state index in [0.717, 1.165) is 22.3 Å². The highest BCUT2D eigenvalue weighted by molar-refractivity contribution is 6.31. The van der Waals surface area contributed by atoms with E-state index in [1.54, 1.807) is 23.1 Å². The highest BCUT2D eigenvalue weighted by atomic mass is 35.5. The molecule has 2 N–H and O–H groups in total. The molecule has 126 valence electrons. The predicted molar refractivity (Wildman–Crippen MR) is 98.8 cm³/mol. The third kappa shape index (κ3) is 2.98. The number of carbonyl (C=O) groups is 2. The van der Waals surface area contributed by atoms with Crippen molar-refractivity contribution in [2.75, 3.05) is 16.8 Å². The molecule has 0 bridgehead atoms. The molecule has 2 amide bonds. The van der Waals surface area contributed by atoms with E-state index in [9.17, 15) is 9.59 Å². The van der Waals surface area contributed by atoms with Crippen molar-refractivity contribution in [1.29, 1.82) is 0 Å². The van der Waals surface area contributed by atoms with E-state index in [0.29, 0.717) is 11.6 Å². The highest BCUT2D eigenvalue weighted by Crippen LogP contribution is 2.29. The number of rotatable bonds is 3. The zero-order chi connectivity index (χ0) is 17.4. The van der Waals surface area contributed by atoms with Crippen LogP contribution in [0.4, 0.5) is 11.4 Å². The van der Waals surface area contributed by atoms with Gasteiger partial charge in [-0.1, -0.05) is 23.7 Å². The lowest BCUT2D eigenvalue weighted by molar-refractivity contribution is -0.122. The van der Waals surface area contributed by atoms with Gasteiger partial charge in [0.05, 0.1) is 11.6 Å². The molecule has 1 aromatic heterocycles. The van der Waals surface area contributed by atoms with Crippen LogP contribution >= 0.6 is 11.6 Å². The van der Waals surface area contributed by atoms with Crippen molar-refractivity contribution in [2.45, 2.75) is 6.42 Å². The lowest BCUT2D eigenvalue weighted by Gasteiger charge is -2.17. The molecule has 0 saturated carbocycles. The van der Waals surface area contributed by atoms with Crippen molar-refractivity contribution in [2.24, 2.45) is 5.92 Å². The molecule has 25 heavy (non-hydrogen) atoms. The summed E-state index contributed by atoms with van der Waals surface area (Å²) >= 11 is 6.00. The number of aromatic amines is 1. The zero-order valence-corrected chi connectivity index (χ0v) is 14.1. The molecule has 6 heteroatoms. The van der Waals surface area contributed by atoms with Gasteiger partial charge in [0.25, 0.3) is 0 Å². The molecule has 1 aliphatic rings. The van der Waals surface area contributed by atoms with Crippen molar-refractivity contribution in [3.63, 3.8) is 0 Å². The normalized spacial score (nSPS) is 17.2. The number of hydrogen-bond acceptors (Lipinski definition) is 2. The molecule has 5 nitrogen and oxygen atoms in total. The first-order valence-electron chi connectivity index (χ1n) is 8.05. The van der Waals surface area contributed by atoms with Crippen LogP contribution in [-0.4, -0.2) is 23.3 Å². The quantitative estimate of drug-likeness (QED) is 0.752. The Morgan fingerprint density at radius 3 is 2.88 bits per heavy atom. The van der Waals surface area contributed by atoms with Crippen molar-refractivity contribution in [3.05, 3.63) is 59.8 Å². The number of nitrogens with one attached hydrogen (secondary N) is 2. The Kier molecular flexibility index (Phi) is 3.93. The van der Waals surface area contributed by atoms with Crippen LogP contribution in [0.2, 0.25) is 5.02 Å². The maximum Gasteiger partial charge on any atom is 0.229 e. The Hall–Kier alpha value is -2.79. The number of benzene rings is 2. The van der Waals surface area contributed by atoms with Gasteiger partial charge in [-0.05, 0) is 36.4 Å². The second-order valence-electron chi connectivity index (χ2n) is 6.12. The summed E-state index contributed by atoms with van der Waals surface area (Å²) in [5.74, 6) is -0.602. The molecular formula is C19H16ClN3O2. The largest absolute Gasteiger partial charge is 0.361 e. The smallest absolute Gasteiger partial charge is 0.229 e. The van der Waals surface area contributed by atoms with E-state index in [-0.39, 0.29) is 24.2 Å². The van der Waals surface area contributed by atoms with Gasteiger partial charge in [0, 0.05) is 40.8 Å². The van der Waals surface area contributed by atoms with Gasteiger partial charge in [0.2, 0.25) is 11.8 Å². The first kappa shape index (κ1) is 15.7.